The molecule has 1 aromatic heterocycles. The largest absolute Gasteiger partial charge is 0.292 e. The second-order valence-electron chi connectivity index (χ2n) is 4.35. The Hall–Kier alpha value is -1.18. The number of hydrogen-bond donors (Lipinski definition) is 0. The van der Waals surface area contributed by atoms with Crippen molar-refractivity contribution in [3.05, 3.63) is 29.1 Å². The standard InChI is InChI=1S/C11H13NO/c1-7-4-5-8-6-11(2,3)10(13)9(8)12-7/h4-5H,6H2,1-3H3. The number of nitrogens with zero attached hydrogens (tertiary/aromatic N) is 1. The van der Waals surface area contributed by atoms with E-state index >= 15 is 0 Å². The molecule has 2 nitrogen and oxygen atoms in total. The lowest BCUT2D eigenvalue weighted by Gasteiger charge is -2.12. The van der Waals surface area contributed by atoms with Gasteiger partial charge in [-0.2, -0.15) is 0 Å². The van der Waals surface area contributed by atoms with Gasteiger partial charge in [-0.05, 0) is 25.0 Å². The highest BCUT2D eigenvalue weighted by Crippen LogP contribution is 2.34. The van der Waals surface area contributed by atoms with E-state index in [1.54, 1.807) is 0 Å². The first-order valence-corrected chi connectivity index (χ1v) is 4.52. The van der Waals surface area contributed by atoms with Crippen LogP contribution < -0.4 is 0 Å². The summed E-state index contributed by atoms with van der Waals surface area (Å²) in [5.41, 5.74) is 2.46. The number of carbonyl (C=O) groups excluding carboxylic acids is 1. The fourth-order valence-electron chi connectivity index (χ4n) is 1.80. The Balaban J connectivity index is 2.57. The van der Waals surface area contributed by atoms with Gasteiger partial charge >= 0.3 is 0 Å². The number of aromatic nitrogens is 1. The van der Waals surface area contributed by atoms with Gasteiger partial charge < -0.3 is 0 Å². The van der Waals surface area contributed by atoms with E-state index in [0.29, 0.717) is 5.69 Å². The topological polar surface area (TPSA) is 30.0 Å². The summed E-state index contributed by atoms with van der Waals surface area (Å²) < 4.78 is 0. The van der Waals surface area contributed by atoms with Crippen molar-refractivity contribution >= 4 is 5.78 Å². The zero-order chi connectivity index (χ0) is 9.64. The highest BCUT2D eigenvalue weighted by atomic mass is 16.1. The van der Waals surface area contributed by atoms with Gasteiger partial charge in [-0.25, -0.2) is 4.98 Å². The minimum atomic E-state index is -0.247. The summed E-state index contributed by atoms with van der Waals surface area (Å²) in [5.74, 6) is 0.186. The van der Waals surface area contributed by atoms with Gasteiger partial charge in [-0.15, -0.1) is 0 Å². The van der Waals surface area contributed by atoms with E-state index in [9.17, 15) is 4.79 Å². The average Bonchev–Trinajstić information content (AvgIpc) is 2.26. The highest BCUT2D eigenvalue weighted by Gasteiger charge is 2.38. The van der Waals surface area contributed by atoms with Crippen LogP contribution in [-0.4, -0.2) is 10.8 Å². The molecule has 0 saturated heterocycles. The molecule has 2 rings (SSSR count). The summed E-state index contributed by atoms with van der Waals surface area (Å²) in [6, 6.07) is 3.98. The normalized spacial score (nSPS) is 18.8. The molecule has 2 heteroatoms. The summed E-state index contributed by atoms with van der Waals surface area (Å²) in [4.78, 5) is 16.1. The van der Waals surface area contributed by atoms with Crippen molar-refractivity contribution in [2.24, 2.45) is 5.41 Å². The number of hydrogen-bond acceptors (Lipinski definition) is 2. The second-order valence-corrected chi connectivity index (χ2v) is 4.35. The van der Waals surface area contributed by atoms with E-state index in [4.69, 9.17) is 0 Å². The van der Waals surface area contributed by atoms with Crippen molar-refractivity contribution in [1.82, 2.24) is 4.98 Å². The number of fused-ring (bicyclic) bond motifs is 1. The summed E-state index contributed by atoms with van der Waals surface area (Å²) in [5, 5.41) is 0. The maximum atomic E-state index is 11.8. The Morgan fingerprint density at radius 2 is 2.08 bits per heavy atom. The molecule has 13 heavy (non-hydrogen) atoms. The van der Waals surface area contributed by atoms with Crippen molar-refractivity contribution in [3.8, 4) is 0 Å². The summed E-state index contributed by atoms with van der Waals surface area (Å²) in [6.07, 6.45) is 0.828. The quantitative estimate of drug-likeness (QED) is 0.604. The molecule has 0 fully saturated rings. The van der Waals surface area contributed by atoms with Crippen LogP contribution in [0.1, 0.15) is 35.6 Å². The van der Waals surface area contributed by atoms with Gasteiger partial charge in [0.25, 0.3) is 0 Å². The SMILES string of the molecule is Cc1ccc2c(n1)C(=O)C(C)(C)C2. The second kappa shape index (κ2) is 2.41. The molecule has 0 spiro atoms. The zero-order valence-electron chi connectivity index (χ0n) is 8.22. The molecule has 1 heterocycles. The first-order chi connectivity index (χ1) is 6.00. The van der Waals surface area contributed by atoms with Crippen LogP contribution in [0.2, 0.25) is 0 Å². The van der Waals surface area contributed by atoms with E-state index in [0.717, 1.165) is 17.7 Å². The fraction of sp³-hybridized carbons (Fsp3) is 0.455. The van der Waals surface area contributed by atoms with Crippen molar-refractivity contribution < 1.29 is 4.79 Å². The van der Waals surface area contributed by atoms with Gasteiger partial charge in [0.15, 0.2) is 5.78 Å². The van der Waals surface area contributed by atoms with E-state index in [-0.39, 0.29) is 11.2 Å². The average molecular weight is 175 g/mol. The van der Waals surface area contributed by atoms with Crippen LogP contribution in [0.3, 0.4) is 0 Å². The first kappa shape index (κ1) is 8.42. The van der Waals surface area contributed by atoms with Crippen LogP contribution in [0.5, 0.6) is 0 Å². The number of Topliss-reactive ketones (excluding diaryl/α,β-unsaturated/α-hetero) is 1. The maximum Gasteiger partial charge on any atom is 0.187 e. The lowest BCUT2D eigenvalue weighted by atomic mass is 9.89. The van der Waals surface area contributed by atoms with Crippen molar-refractivity contribution in [3.63, 3.8) is 0 Å². The van der Waals surface area contributed by atoms with Gasteiger partial charge in [-0.1, -0.05) is 19.9 Å². The molecular weight excluding hydrogens is 162 g/mol. The Labute approximate surface area is 78.0 Å². The molecule has 0 aliphatic heterocycles. The lowest BCUT2D eigenvalue weighted by molar-refractivity contribution is 0.0859. The Bertz CT molecular complexity index is 380. The summed E-state index contributed by atoms with van der Waals surface area (Å²) >= 11 is 0. The molecule has 0 amide bonds. The molecule has 0 saturated carbocycles. The predicted molar refractivity (Wildman–Crippen MR) is 50.8 cm³/mol. The van der Waals surface area contributed by atoms with E-state index in [1.165, 1.54) is 0 Å². The zero-order valence-corrected chi connectivity index (χ0v) is 8.22. The Morgan fingerprint density at radius 1 is 1.38 bits per heavy atom. The Kier molecular flexibility index (Phi) is 1.56. The van der Waals surface area contributed by atoms with Gasteiger partial charge in [0.05, 0.1) is 0 Å². The van der Waals surface area contributed by atoms with Crippen molar-refractivity contribution in [1.29, 1.82) is 0 Å². The highest BCUT2D eigenvalue weighted by molar-refractivity contribution is 6.02. The number of pyridine rings is 1. The van der Waals surface area contributed by atoms with Crippen LogP contribution in [-0.2, 0) is 6.42 Å². The number of rotatable bonds is 0. The molecule has 1 aliphatic rings. The third-order valence-electron chi connectivity index (χ3n) is 2.58. The monoisotopic (exact) mass is 175 g/mol. The fourth-order valence-corrected chi connectivity index (χ4v) is 1.80. The number of ketones is 1. The molecule has 1 aliphatic carbocycles. The van der Waals surface area contributed by atoms with Gasteiger partial charge in [0.2, 0.25) is 0 Å². The summed E-state index contributed by atoms with van der Waals surface area (Å²) in [6.45, 7) is 5.87. The van der Waals surface area contributed by atoms with Crippen LogP contribution in [0, 0.1) is 12.3 Å². The lowest BCUT2D eigenvalue weighted by Crippen LogP contribution is -2.19. The Morgan fingerprint density at radius 3 is 2.77 bits per heavy atom. The summed E-state index contributed by atoms with van der Waals surface area (Å²) in [7, 11) is 0. The van der Waals surface area contributed by atoms with E-state index in [1.807, 2.05) is 32.9 Å². The molecule has 0 bridgehead atoms. The minimum absolute atomic E-state index is 0.186. The maximum absolute atomic E-state index is 11.8. The molecular formula is C11H13NO. The molecule has 0 atom stereocenters. The van der Waals surface area contributed by atoms with Crippen LogP contribution >= 0.6 is 0 Å². The van der Waals surface area contributed by atoms with Crippen molar-refractivity contribution in [2.45, 2.75) is 27.2 Å². The van der Waals surface area contributed by atoms with Gasteiger partial charge in [0, 0.05) is 11.1 Å². The molecule has 68 valence electrons. The number of carbonyl (C=O) groups is 1. The van der Waals surface area contributed by atoms with Gasteiger partial charge in [-0.3, -0.25) is 4.79 Å². The smallest absolute Gasteiger partial charge is 0.187 e. The first-order valence-electron chi connectivity index (χ1n) is 4.52. The molecule has 0 unspecified atom stereocenters. The molecule has 0 aromatic carbocycles. The molecule has 0 radical (unpaired) electrons. The molecule has 1 aromatic rings. The minimum Gasteiger partial charge on any atom is -0.292 e. The number of aryl methyl sites for hydroxylation is 1. The predicted octanol–water partition coefficient (Wildman–Crippen LogP) is 2.16. The van der Waals surface area contributed by atoms with Crippen LogP contribution in [0.25, 0.3) is 0 Å². The molecule has 0 N–H and O–H groups in total. The van der Waals surface area contributed by atoms with E-state index in [2.05, 4.69) is 4.98 Å². The van der Waals surface area contributed by atoms with Crippen LogP contribution in [0.15, 0.2) is 12.1 Å². The van der Waals surface area contributed by atoms with Crippen LogP contribution in [0.4, 0.5) is 0 Å². The third kappa shape index (κ3) is 1.17. The third-order valence-corrected chi connectivity index (χ3v) is 2.58. The van der Waals surface area contributed by atoms with Gasteiger partial charge in [0.1, 0.15) is 5.69 Å². The van der Waals surface area contributed by atoms with E-state index < -0.39 is 0 Å². The van der Waals surface area contributed by atoms with Crippen molar-refractivity contribution in [2.75, 3.05) is 0 Å².